The van der Waals surface area contributed by atoms with E-state index in [2.05, 4.69) is 42.9 Å². The molecule has 1 N–H and O–H groups in total. The van der Waals surface area contributed by atoms with Crippen LogP contribution in [0.1, 0.15) is 23.1 Å². The largest absolute Gasteiger partial charge is 0.389 e. The van der Waals surface area contributed by atoms with Crippen molar-refractivity contribution in [3.05, 3.63) is 34.9 Å². The number of hydrogen-bond acceptors (Lipinski definition) is 4. The van der Waals surface area contributed by atoms with Crippen LogP contribution in [0.3, 0.4) is 0 Å². The molecule has 0 saturated carbocycles. The molecule has 0 bridgehead atoms. The van der Waals surface area contributed by atoms with Crippen LogP contribution in [0.4, 0.5) is 0 Å². The molecule has 0 aromatic heterocycles. The fraction of sp³-hybridized carbons (Fsp3) is 0.579. The first-order valence-corrected chi connectivity index (χ1v) is 8.03. The highest BCUT2D eigenvalue weighted by atomic mass is 16.5. The highest BCUT2D eigenvalue weighted by Gasteiger charge is 2.13. The van der Waals surface area contributed by atoms with Gasteiger partial charge in [0.1, 0.15) is 6.61 Å². The summed E-state index contributed by atoms with van der Waals surface area (Å²) in [6.45, 7) is 7.66. The molecule has 0 aliphatic heterocycles. The number of hydrogen-bond donors (Lipinski definition) is 1. The first-order chi connectivity index (χ1) is 11.1. The number of nitrogens with zero attached hydrogens (tertiary/aromatic N) is 1. The molecule has 128 valence electrons. The first-order valence-electron chi connectivity index (χ1n) is 8.03. The van der Waals surface area contributed by atoms with E-state index in [1.165, 1.54) is 16.7 Å². The van der Waals surface area contributed by atoms with Crippen molar-refractivity contribution in [1.29, 1.82) is 0 Å². The highest BCUT2D eigenvalue weighted by Crippen LogP contribution is 2.14. The van der Waals surface area contributed by atoms with Crippen LogP contribution in [0.25, 0.3) is 0 Å². The number of aryl methyl sites for hydroxylation is 2. The number of methoxy groups -OCH3 is 1. The van der Waals surface area contributed by atoms with Crippen LogP contribution in [0.2, 0.25) is 0 Å². The molecule has 4 heteroatoms. The van der Waals surface area contributed by atoms with Gasteiger partial charge in [-0.1, -0.05) is 29.7 Å². The van der Waals surface area contributed by atoms with Gasteiger partial charge in [-0.05, 0) is 31.4 Å². The van der Waals surface area contributed by atoms with E-state index in [9.17, 15) is 5.11 Å². The van der Waals surface area contributed by atoms with E-state index in [1.54, 1.807) is 7.11 Å². The molecule has 0 spiro atoms. The molecule has 0 radical (unpaired) electrons. The van der Waals surface area contributed by atoms with Gasteiger partial charge in [-0.25, -0.2) is 0 Å². The van der Waals surface area contributed by atoms with Crippen LogP contribution in [0.15, 0.2) is 18.2 Å². The minimum Gasteiger partial charge on any atom is -0.389 e. The Bertz CT molecular complexity index is 496. The quantitative estimate of drug-likeness (QED) is 0.501. The summed E-state index contributed by atoms with van der Waals surface area (Å²) >= 11 is 0. The Hall–Kier alpha value is -1.38. The molecule has 0 unspecified atom stereocenters. The van der Waals surface area contributed by atoms with E-state index in [0.29, 0.717) is 13.2 Å². The summed E-state index contributed by atoms with van der Waals surface area (Å²) in [6, 6.07) is 6.47. The molecule has 0 amide bonds. The molecule has 1 atom stereocenters. The third-order valence-electron chi connectivity index (χ3n) is 3.69. The van der Waals surface area contributed by atoms with E-state index in [1.807, 2.05) is 0 Å². The van der Waals surface area contributed by atoms with Gasteiger partial charge in [0.2, 0.25) is 0 Å². The average Bonchev–Trinajstić information content (AvgIpc) is 2.51. The third kappa shape index (κ3) is 8.15. The molecule has 0 fully saturated rings. The number of benzene rings is 1. The summed E-state index contributed by atoms with van der Waals surface area (Å²) < 4.78 is 10.4. The summed E-state index contributed by atoms with van der Waals surface area (Å²) in [5.41, 5.74) is 3.81. The van der Waals surface area contributed by atoms with Crippen molar-refractivity contribution >= 4 is 0 Å². The van der Waals surface area contributed by atoms with Crippen molar-refractivity contribution < 1.29 is 14.6 Å². The average molecular weight is 319 g/mol. The van der Waals surface area contributed by atoms with Crippen molar-refractivity contribution in [3.8, 4) is 12.3 Å². The number of terminal acetylenes is 1. The molecular formula is C19H29NO3. The highest BCUT2D eigenvalue weighted by molar-refractivity contribution is 5.30. The van der Waals surface area contributed by atoms with E-state index in [4.69, 9.17) is 15.9 Å². The zero-order chi connectivity index (χ0) is 17.1. The summed E-state index contributed by atoms with van der Waals surface area (Å²) in [5, 5.41) is 10.1. The van der Waals surface area contributed by atoms with Gasteiger partial charge in [-0.2, -0.15) is 0 Å². The lowest BCUT2D eigenvalue weighted by atomic mass is 10.0. The van der Waals surface area contributed by atoms with Gasteiger partial charge in [-0.15, -0.1) is 6.42 Å². The van der Waals surface area contributed by atoms with E-state index in [-0.39, 0.29) is 13.2 Å². The molecule has 1 aromatic rings. The lowest BCUT2D eigenvalue weighted by molar-refractivity contribution is 0.0244. The minimum atomic E-state index is -0.545. The van der Waals surface area contributed by atoms with E-state index < -0.39 is 6.10 Å². The van der Waals surface area contributed by atoms with Gasteiger partial charge in [-0.3, -0.25) is 4.90 Å². The Balaban J connectivity index is 2.63. The van der Waals surface area contributed by atoms with Gasteiger partial charge in [0.25, 0.3) is 0 Å². The minimum absolute atomic E-state index is 0.234. The SMILES string of the molecule is C#CCOC[C@H](O)CN(CCCOC)Cc1cc(C)ccc1C. The molecule has 0 aliphatic carbocycles. The van der Waals surface area contributed by atoms with Gasteiger partial charge < -0.3 is 14.6 Å². The van der Waals surface area contributed by atoms with Crippen molar-refractivity contribution in [2.45, 2.75) is 32.9 Å². The smallest absolute Gasteiger partial charge is 0.107 e. The lowest BCUT2D eigenvalue weighted by Crippen LogP contribution is -2.35. The summed E-state index contributed by atoms with van der Waals surface area (Å²) in [6.07, 6.45) is 5.53. The van der Waals surface area contributed by atoms with Gasteiger partial charge in [0.15, 0.2) is 0 Å². The molecule has 1 aromatic carbocycles. The van der Waals surface area contributed by atoms with Crippen LogP contribution in [-0.4, -0.2) is 56.1 Å². The normalized spacial score (nSPS) is 12.3. The zero-order valence-corrected chi connectivity index (χ0v) is 14.5. The van der Waals surface area contributed by atoms with Gasteiger partial charge >= 0.3 is 0 Å². The number of aliphatic hydroxyl groups is 1. The predicted octanol–water partition coefficient (Wildman–Crippen LogP) is 2.15. The molecular weight excluding hydrogens is 290 g/mol. The number of aliphatic hydroxyl groups excluding tert-OH is 1. The predicted molar refractivity (Wildman–Crippen MR) is 93.3 cm³/mol. The molecule has 0 heterocycles. The lowest BCUT2D eigenvalue weighted by Gasteiger charge is -2.26. The maximum absolute atomic E-state index is 10.1. The molecule has 0 aliphatic rings. The second kappa shape index (κ2) is 11.2. The Morgan fingerprint density at radius 2 is 2.13 bits per heavy atom. The summed E-state index contributed by atoms with van der Waals surface area (Å²) in [5.74, 6) is 2.41. The second-order valence-electron chi connectivity index (χ2n) is 5.88. The Kier molecular flexibility index (Phi) is 9.58. The summed E-state index contributed by atoms with van der Waals surface area (Å²) in [4.78, 5) is 2.24. The molecule has 4 nitrogen and oxygen atoms in total. The molecule has 1 rings (SSSR count). The maximum atomic E-state index is 10.1. The maximum Gasteiger partial charge on any atom is 0.107 e. The van der Waals surface area contributed by atoms with Crippen molar-refractivity contribution in [1.82, 2.24) is 4.90 Å². The molecule has 23 heavy (non-hydrogen) atoms. The Morgan fingerprint density at radius 3 is 2.83 bits per heavy atom. The van der Waals surface area contributed by atoms with Crippen molar-refractivity contribution in [2.75, 3.05) is 40.0 Å². The Morgan fingerprint density at radius 1 is 1.35 bits per heavy atom. The Labute approximate surface area is 140 Å². The second-order valence-corrected chi connectivity index (χ2v) is 5.88. The van der Waals surface area contributed by atoms with Gasteiger partial charge in [0, 0.05) is 33.4 Å². The van der Waals surface area contributed by atoms with Crippen LogP contribution >= 0.6 is 0 Å². The van der Waals surface area contributed by atoms with Crippen LogP contribution < -0.4 is 0 Å². The first kappa shape index (κ1) is 19.7. The number of rotatable bonds is 11. The van der Waals surface area contributed by atoms with E-state index in [0.717, 1.165) is 19.5 Å². The topological polar surface area (TPSA) is 41.9 Å². The van der Waals surface area contributed by atoms with Gasteiger partial charge in [0.05, 0.1) is 12.7 Å². The van der Waals surface area contributed by atoms with Crippen molar-refractivity contribution in [2.24, 2.45) is 0 Å². The third-order valence-corrected chi connectivity index (χ3v) is 3.69. The van der Waals surface area contributed by atoms with Crippen LogP contribution in [0.5, 0.6) is 0 Å². The molecule has 0 saturated heterocycles. The zero-order valence-electron chi connectivity index (χ0n) is 14.5. The standard InChI is InChI=1S/C19H29NO3/c1-5-10-23-15-19(21)14-20(9-6-11-22-4)13-18-12-16(2)7-8-17(18)3/h1,7-8,12,19,21H,6,9-11,13-15H2,2-4H3/t19-/m1/s1. The monoisotopic (exact) mass is 319 g/mol. The number of ether oxygens (including phenoxy) is 2. The fourth-order valence-electron chi connectivity index (χ4n) is 2.48. The fourth-order valence-corrected chi connectivity index (χ4v) is 2.48. The van der Waals surface area contributed by atoms with Crippen molar-refractivity contribution in [3.63, 3.8) is 0 Å². The van der Waals surface area contributed by atoms with E-state index >= 15 is 0 Å². The van der Waals surface area contributed by atoms with Crippen LogP contribution in [-0.2, 0) is 16.0 Å². The van der Waals surface area contributed by atoms with Crippen LogP contribution in [0, 0.1) is 26.2 Å². The summed E-state index contributed by atoms with van der Waals surface area (Å²) in [7, 11) is 1.71.